The first-order valence-electron chi connectivity index (χ1n) is 10.1. The Morgan fingerprint density at radius 3 is 2.57 bits per heavy atom. The topological polar surface area (TPSA) is 84.3 Å². The van der Waals surface area contributed by atoms with Gasteiger partial charge in [0.1, 0.15) is 5.75 Å². The Morgan fingerprint density at radius 1 is 1.14 bits per heavy atom. The lowest BCUT2D eigenvalue weighted by Crippen LogP contribution is -2.57. The van der Waals surface area contributed by atoms with Gasteiger partial charge in [-0.15, -0.1) is 0 Å². The summed E-state index contributed by atoms with van der Waals surface area (Å²) < 4.78 is 0. The van der Waals surface area contributed by atoms with Gasteiger partial charge in [-0.1, -0.05) is 12.1 Å². The van der Waals surface area contributed by atoms with E-state index in [0.717, 1.165) is 38.2 Å². The molecule has 0 radical (unpaired) electrons. The van der Waals surface area contributed by atoms with Crippen LogP contribution in [0.25, 0.3) is 0 Å². The molecular weight excluding hydrogens is 358 g/mol. The maximum Gasteiger partial charge on any atom is 0.303 e. The SMILES string of the molecule is CN1CCN(C2CCN(C(=O)Cc3cccc(O)c3)CC2CCC(=O)O)CC1. The van der Waals surface area contributed by atoms with Gasteiger partial charge in [-0.25, -0.2) is 0 Å². The first-order chi connectivity index (χ1) is 13.4. The van der Waals surface area contributed by atoms with E-state index < -0.39 is 5.97 Å². The largest absolute Gasteiger partial charge is 0.508 e. The maximum absolute atomic E-state index is 12.8. The number of phenols is 1. The minimum absolute atomic E-state index is 0.0442. The molecule has 3 rings (SSSR count). The zero-order valence-electron chi connectivity index (χ0n) is 16.6. The number of carbonyl (C=O) groups excluding carboxylic acids is 1. The fourth-order valence-electron chi connectivity index (χ4n) is 4.43. The molecule has 2 heterocycles. The average molecular weight is 389 g/mol. The number of hydrogen-bond acceptors (Lipinski definition) is 5. The quantitative estimate of drug-likeness (QED) is 0.762. The summed E-state index contributed by atoms with van der Waals surface area (Å²) >= 11 is 0. The normalized spacial score (nSPS) is 24.2. The number of rotatable bonds is 6. The van der Waals surface area contributed by atoms with Crippen LogP contribution in [0, 0.1) is 5.92 Å². The summed E-state index contributed by atoms with van der Waals surface area (Å²) in [6.45, 7) is 5.38. The standard InChI is InChI=1S/C21H31N3O4/c1-22-9-11-23(12-10-22)19-7-8-24(15-17(19)5-6-21(27)28)20(26)14-16-3-2-4-18(25)13-16/h2-4,13,17,19,25H,5-12,14-15H2,1H3,(H,27,28). The Morgan fingerprint density at radius 2 is 1.89 bits per heavy atom. The minimum atomic E-state index is -0.777. The molecule has 1 aromatic rings. The molecule has 0 aliphatic carbocycles. The number of hydrogen-bond donors (Lipinski definition) is 2. The van der Waals surface area contributed by atoms with E-state index in [2.05, 4.69) is 16.8 Å². The molecule has 2 fully saturated rings. The second kappa shape index (κ2) is 9.39. The van der Waals surface area contributed by atoms with Crippen LogP contribution in [0.4, 0.5) is 0 Å². The second-order valence-electron chi connectivity index (χ2n) is 8.07. The van der Waals surface area contributed by atoms with Crippen LogP contribution in [-0.2, 0) is 16.0 Å². The predicted molar refractivity (Wildman–Crippen MR) is 106 cm³/mol. The van der Waals surface area contributed by atoms with Crippen molar-refractivity contribution in [3.05, 3.63) is 29.8 Å². The Balaban J connectivity index is 1.64. The van der Waals surface area contributed by atoms with Crippen LogP contribution >= 0.6 is 0 Å². The lowest BCUT2D eigenvalue weighted by Gasteiger charge is -2.46. The number of carbonyl (C=O) groups is 2. The first-order valence-corrected chi connectivity index (χ1v) is 10.1. The van der Waals surface area contributed by atoms with Crippen molar-refractivity contribution >= 4 is 11.9 Å². The molecule has 1 amide bonds. The number of carboxylic acids is 1. The molecule has 2 aliphatic rings. The zero-order valence-corrected chi connectivity index (χ0v) is 16.6. The summed E-state index contributed by atoms with van der Waals surface area (Å²) in [5.74, 6) is -0.386. The van der Waals surface area contributed by atoms with Gasteiger partial charge in [0.05, 0.1) is 6.42 Å². The summed E-state index contributed by atoms with van der Waals surface area (Å²) in [6, 6.07) is 7.15. The van der Waals surface area contributed by atoms with E-state index in [4.69, 9.17) is 5.11 Å². The number of aliphatic carboxylic acids is 1. The first kappa shape index (κ1) is 20.6. The van der Waals surface area contributed by atoms with Crippen molar-refractivity contribution in [2.75, 3.05) is 46.3 Å². The smallest absolute Gasteiger partial charge is 0.303 e. The number of nitrogens with zero attached hydrogens (tertiary/aromatic N) is 3. The molecular formula is C21H31N3O4. The fourth-order valence-corrected chi connectivity index (χ4v) is 4.43. The number of benzene rings is 1. The Kier molecular flexibility index (Phi) is 6.91. The number of phenolic OH excluding ortho intramolecular Hbond substituents is 1. The van der Waals surface area contributed by atoms with E-state index in [-0.39, 0.29) is 30.4 Å². The third kappa shape index (κ3) is 5.45. The molecule has 1 aromatic carbocycles. The fraction of sp³-hybridized carbons (Fsp3) is 0.619. The van der Waals surface area contributed by atoms with Crippen molar-refractivity contribution in [2.45, 2.75) is 31.7 Å². The van der Waals surface area contributed by atoms with Crippen molar-refractivity contribution in [2.24, 2.45) is 5.92 Å². The third-order valence-corrected chi connectivity index (χ3v) is 6.05. The van der Waals surface area contributed by atoms with Gasteiger partial charge in [0, 0.05) is 51.7 Å². The Hall–Kier alpha value is -2.12. The van der Waals surface area contributed by atoms with E-state index in [9.17, 15) is 14.7 Å². The summed E-state index contributed by atoms with van der Waals surface area (Å²) in [7, 11) is 2.13. The number of piperazine rings is 1. The average Bonchev–Trinajstić information content (AvgIpc) is 2.67. The van der Waals surface area contributed by atoms with Crippen molar-refractivity contribution in [3.8, 4) is 5.75 Å². The van der Waals surface area contributed by atoms with E-state index in [0.29, 0.717) is 25.6 Å². The maximum atomic E-state index is 12.8. The Bertz CT molecular complexity index is 688. The summed E-state index contributed by atoms with van der Waals surface area (Å²) in [4.78, 5) is 30.6. The van der Waals surface area contributed by atoms with Gasteiger partial charge >= 0.3 is 5.97 Å². The van der Waals surface area contributed by atoms with Gasteiger partial charge in [0.25, 0.3) is 0 Å². The number of likely N-dealkylation sites (N-methyl/N-ethyl adjacent to an activating group) is 1. The number of likely N-dealkylation sites (tertiary alicyclic amines) is 1. The highest BCUT2D eigenvalue weighted by Gasteiger charge is 2.35. The van der Waals surface area contributed by atoms with Crippen LogP contribution in [0.1, 0.15) is 24.8 Å². The third-order valence-electron chi connectivity index (χ3n) is 6.05. The van der Waals surface area contributed by atoms with Crippen LogP contribution in [-0.4, -0.2) is 89.1 Å². The molecule has 2 saturated heterocycles. The van der Waals surface area contributed by atoms with Gasteiger partial charge in [0.15, 0.2) is 0 Å². The second-order valence-corrected chi connectivity index (χ2v) is 8.07. The van der Waals surface area contributed by atoms with Crippen LogP contribution in [0.15, 0.2) is 24.3 Å². The van der Waals surface area contributed by atoms with Crippen LogP contribution < -0.4 is 0 Å². The van der Waals surface area contributed by atoms with Crippen LogP contribution in [0.2, 0.25) is 0 Å². The van der Waals surface area contributed by atoms with Gasteiger partial charge in [-0.2, -0.15) is 0 Å². The summed E-state index contributed by atoms with van der Waals surface area (Å²) in [5, 5.41) is 18.8. The van der Waals surface area contributed by atoms with E-state index in [1.807, 2.05) is 11.0 Å². The number of piperidine rings is 1. The molecule has 2 N–H and O–H groups in total. The predicted octanol–water partition coefficient (Wildman–Crippen LogP) is 1.26. The highest BCUT2D eigenvalue weighted by molar-refractivity contribution is 5.79. The lowest BCUT2D eigenvalue weighted by molar-refractivity contribution is -0.137. The number of carboxylic acid groups (broad SMARTS) is 1. The van der Waals surface area contributed by atoms with Gasteiger partial charge in [-0.05, 0) is 43.5 Å². The zero-order chi connectivity index (χ0) is 20.1. The molecule has 0 saturated carbocycles. The highest BCUT2D eigenvalue weighted by atomic mass is 16.4. The van der Waals surface area contributed by atoms with E-state index in [1.165, 1.54) is 0 Å². The molecule has 0 bridgehead atoms. The summed E-state index contributed by atoms with van der Waals surface area (Å²) in [5.41, 5.74) is 0.799. The van der Waals surface area contributed by atoms with E-state index >= 15 is 0 Å². The molecule has 28 heavy (non-hydrogen) atoms. The van der Waals surface area contributed by atoms with Gasteiger partial charge < -0.3 is 20.0 Å². The Labute approximate surface area is 166 Å². The number of amides is 1. The van der Waals surface area contributed by atoms with Gasteiger partial charge in [-0.3, -0.25) is 14.5 Å². The van der Waals surface area contributed by atoms with Crippen molar-refractivity contribution in [1.82, 2.24) is 14.7 Å². The van der Waals surface area contributed by atoms with Crippen molar-refractivity contribution in [1.29, 1.82) is 0 Å². The molecule has 2 unspecified atom stereocenters. The van der Waals surface area contributed by atoms with E-state index in [1.54, 1.807) is 18.2 Å². The number of aromatic hydroxyl groups is 1. The molecule has 0 spiro atoms. The molecule has 154 valence electrons. The molecule has 0 aromatic heterocycles. The molecule has 7 nitrogen and oxygen atoms in total. The van der Waals surface area contributed by atoms with Gasteiger partial charge in [0.2, 0.25) is 5.91 Å². The van der Waals surface area contributed by atoms with Crippen LogP contribution in [0.3, 0.4) is 0 Å². The molecule has 2 atom stereocenters. The van der Waals surface area contributed by atoms with Crippen molar-refractivity contribution in [3.63, 3.8) is 0 Å². The van der Waals surface area contributed by atoms with Crippen molar-refractivity contribution < 1.29 is 19.8 Å². The highest BCUT2D eigenvalue weighted by Crippen LogP contribution is 2.28. The molecule has 7 heteroatoms. The summed E-state index contributed by atoms with van der Waals surface area (Å²) in [6.07, 6.45) is 1.89. The monoisotopic (exact) mass is 389 g/mol. The van der Waals surface area contributed by atoms with Crippen LogP contribution in [0.5, 0.6) is 5.75 Å². The lowest BCUT2D eigenvalue weighted by atomic mass is 9.86. The minimum Gasteiger partial charge on any atom is -0.508 e. The molecule has 2 aliphatic heterocycles.